The highest BCUT2D eigenvalue weighted by molar-refractivity contribution is 9.10. The van der Waals surface area contributed by atoms with Gasteiger partial charge in [0.2, 0.25) is 5.91 Å². The minimum absolute atomic E-state index is 0.206. The van der Waals surface area contributed by atoms with Crippen molar-refractivity contribution in [3.8, 4) is 0 Å². The third-order valence-electron chi connectivity index (χ3n) is 2.60. The average Bonchev–Trinajstić information content (AvgIpc) is 2.72. The molecule has 1 aliphatic rings. The third kappa shape index (κ3) is 2.97. The van der Waals surface area contributed by atoms with Crippen molar-refractivity contribution in [2.75, 3.05) is 11.9 Å². The van der Waals surface area contributed by atoms with E-state index < -0.39 is 12.2 Å². The highest BCUT2D eigenvalue weighted by Gasteiger charge is 2.29. The Kier molecular flexibility index (Phi) is 4.01. The fourth-order valence-corrected chi connectivity index (χ4v) is 2.25. The minimum atomic E-state index is -0.955. The summed E-state index contributed by atoms with van der Waals surface area (Å²) in [5.74, 6) is -0.259. The van der Waals surface area contributed by atoms with E-state index in [0.717, 1.165) is 0 Å². The lowest BCUT2D eigenvalue weighted by Crippen LogP contribution is -2.35. The Bertz CT molecular complexity index is 443. The predicted octanol–water partition coefficient (Wildman–Crippen LogP) is 2.74. The minimum Gasteiger partial charge on any atom is -0.323 e. The molecule has 0 aromatic heterocycles. The first-order valence-corrected chi connectivity index (χ1v) is 6.37. The molecule has 0 aliphatic carbocycles. The van der Waals surface area contributed by atoms with Gasteiger partial charge in [-0.05, 0) is 28.1 Å². The van der Waals surface area contributed by atoms with E-state index in [1.54, 1.807) is 18.2 Å². The monoisotopic (exact) mass is 320 g/mol. The van der Waals surface area contributed by atoms with Crippen LogP contribution in [0.1, 0.15) is 6.42 Å². The van der Waals surface area contributed by atoms with Crippen molar-refractivity contribution >= 4 is 39.1 Å². The maximum atomic E-state index is 12.9. The summed E-state index contributed by atoms with van der Waals surface area (Å²) in [6.07, 6.45) is -0.749. The standard InChI is InChI=1S/C11H11BrClFN2O/c12-7-2-1-3-8(10(7)13)16-11(17)9-4-6(14)5-15-9/h1-3,6,9,15H,4-5H2,(H,16,17). The van der Waals surface area contributed by atoms with E-state index in [2.05, 4.69) is 26.6 Å². The van der Waals surface area contributed by atoms with Gasteiger partial charge in [-0.2, -0.15) is 0 Å². The van der Waals surface area contributed by atoms with Crippen molar-refractivity contribution in [1.82, 2.24) is 5.32 Å². The van der Waals surface area contributed by atoms with Crippen molar-refractivity contribution in [3.05, 3.63) is 27.7 Å². The molecule has 3 nitrogen and oxygen atoms in total. The molecular formula is C11H11BrClFN2O. The van der Waals surface area contributed by atoms with Gasteiger partial charge >= 0.3 is 0 Å². The van der Waals surface area contributed by atoms with Gasteiger partial charge in [0.05, 0.1) is 16.8 Å². The summed E-state index contributed by atoms with van der Waals surface area (Å²) >= 11 is 9.29. The Hall–Kier alpha value is -0.650. The number of hydrogen-bond acceptors (Lipinski definition) is 2. The van der Waals surface area contributed by atoms with Gasteiger partial charge in [-0.1, -0.05) is 17.7 Å². The predicted molar refractivity (Wildman–Crippen MR) is 69.1 cm³/mol. The van der Waals surface area contributed by atoms with Gasteiger partial charge in [0, 0.05) is 17.4 Å². The molecular weight excluding hydrogens is 310 g/mol. The van der Waals surface area contributed by atoms with Crippen molar-refractivity contribution in [1.29, 1.82) is 0 Å². The number of carbonyl (C=O) groups is 1. The van der Waals surface area contributed by atoms with Crippen LogP contribution in [0.4, 0.5) is 10.1 Å². The second-order valence-corrected chi connectivity index (χ2v) is 5.12. The van der Waals surface area contributed by atoms with Crippen LogP contribution in [-0.4, -0.2) is 24.7 Å². The summed E-state index contributed by atoms with van der Waals surface area (Å²) in [5.41, 5.74) is 0.523. The van der Waals surface area contributed by atoms with Crippen LogP contribution in [-0.2, 0) is 4.79 Å². The molecule has 6 heteroatoms. The maximum absolute atomic E-state index is 12.9. The summed E-state index contributed by atoms with van der Waals surface area (Å²) in [7, 11) is 0. The van der Waals surface area contributed by atoms with Gasteiger partial charge < -0.3 is 10.6 Å². The highest BCUT2D eigenvalue weighted by Crippen LogP contribution is 2.30. The Balaban J connectivity index is 2.06. The van der Waals surface area contributed by atoms with Gasteiger partial charge in [0.1, 0.15) is 6.17 Å². The summed E-state index contributed by atoms with van der Waals surface area (Å²) in [6, 6.07) is 4.77. The molecule has 0 bridgehead atoms. The number of hydrogen-bond donors (Lipinski definition) is 2. The molecule has 92 valence electrons. The van der Waals surface area contributed by atoms with Crippen LogP contribution in [0.2, 0.25) is 5.02 Å². The number of anilines is 1. The third-order valence-corrected chi connectivity index (χ3v) is 3.90. The topological polar surface area (TPSA) is 41.1 Å². The van der Waals surface area contributed by atoms with Crippen LogP contribution >= 0.6 is 27.5 Å². The van der Waals surface area contributed by atoms with Gasteiger partial charge in [-0.15, -0.1) is 0 Å². The van der Waals surface area contributed by atoms with E-state index in [1.807, 2.05) is 0 Å². The summed E-state index contributed by atoms with van der Waals surface area (Å²) in [4.78, 5) is 11.8. The second-order valence-electron chi connectivity index (χ2n) is 3.88. The fraction of sp³-hybridized carbons (Fsp3) is 0.364. The van der Waals surface area contributed by atoms with Crippen LogP contribution in [0.5, 0.6) is 0 Å². The largest absolute Gasteiger partial charge is 0.323 e. The Morgan fingerprint density at radius 2 is 2.35 bits per heavy atom. The summed E-state index contributed by atoms with van der Waals surface area (Å²) in [6.45, 7) is 0.226. The van der Waals surface area contributed by atoms with Crippen molar-refractivity contribution in [2.24, 2.45) is 0 Å². The first-order valence-electron chi connectivity index (χ1n) is 5.20. The molecule has 2 unspecified atom stereocenters. The molecule has 1 aromatic rings. The number of amides is 1. The van der Waals surface area contributed by atoms with Crippen LogP contribution in [0.15, 0.2) is 22.7 Å². The Morgan fingerprint density at radius 3 is 3.00 bits per heavy atom. The molecule has 0 spiro atoms. The van der Waals surface area contributed by atoms with Crippen LogP contribution in [0, 0.1) is 0 Å². The molecule has 1 aromatic carbocycles. The highest BCUT2D eigenvalue weighted by atomic mass is 79.9. The maximum Gasteiger partial charge on any atom is 0.241 e. The molecule has 1 aliphatic heterocycles. The molecule has 0 radical (unpaired) electrons. The van der Waals surface area contributed by atoms with Crippen molar-refractivity contribution in [3.63, 3.8) is 0 Å². The zero-order valence-corrected chi connectivity index (χ0v) is 11.2. The summed E-state index contributed by atoms with van der Waals surface area (Å²) < 4.78 is 13.6. The number of benzene rings is 1. The Labute approximate surface area is 112 Å². The number of halogens is 3. The quantitative estimate of drug-likeness (QED) is 0.879. The van der Waals surface area contributed by atoms with E-state index in [-0.39, 0.29) is 18.9 Å². The molecule has 17 heavy (non-hydrogen) atoms. The lowest BCUT2D eigenvalue weighted by atomic mass is 10.2. The number of carbonyl (C=O) groups excluding carboxylic acids is 1. The number of alkyl halides is 1. The summed E-state index contributed by atoms with van der Waals surface area (Å²) in [5, 5.41) is 5.94. The molecule has 1 heterocycles. The van der Waals surface area contributed by atoms with Gasteiger partial charge in [-0.25, -0.2) is 4.39 Å². The van der Waals surface area contributed by atoms with Crippen LogP contribution < -0.4 is 10.6 Å². The molecule has 0 saturated carbocycles. The molecule has 2 atom stereocenters. The second kappa shape index (κ2) is 5.33. The number of rotatable bonds is 2. The smallest absolute Gasteiger partial charge is 0.241 e. The lowest BCUT2D eigenvalue weighted by Gasteiger charge is -2.12. The normalized spacial score (nSPS) is 23.7. The first-order chi connectivity index (χ1) is 8.08. The van der Waals surface area contributed by atoms with Crippen LogP contribution in [0.25, 0.3) is 0 Å². The molecule has 2 rings (SSSR count). The van der Waals surface area contributed by atoms with Gasteiger partial charge in [0.25, 0.3) is 0 Å². The van der Waals surface area contributed by atoms with Gasteiger partial charge in [-0.3, -0.25) is 4.79 Å². The molecule has 1 saturated heterocycles. The molecule has 1 fully saturated rings. The van der Waals surface area contributed by atoms with E-state index in [4.69, 9.17) is 11.6 Å². The van der Waals surface area contributed by atoms with Crippen LogP contribution in [0.3, 0.4) is 0 Å². The number of nitrogens with one attached hydrogen (secondary N) is 2. The van der Waals surface area contributed by atoms with Gasteiger partial charge in [0.15, 0.2) is 0 Å². The van der Waals surface area contributed by atoms with E-state index in [0.29, 0.717) is 15.2 Å². The molecule has 1 amide bonds. The average molecular weight is 322 g/mol. The first kappa shape index (κ1) is 12.8. The van der Waals surface area contributed by atoms with E-state index in [9.17, 15) is 9.18 Å². The van der Waals surface area contributed by atoms with E-state index in [1.165, 1.54) is 0 Å². The Morgan fingerprint density at radius 1 is 1.59 bits per heavy atom. The fourth-order valence-electron chi connectivity index (χ4n) is 1.71. The zero-order chi connectivity index (χ0) is 12.4. The van der Waals surface area contributed by atoms with E-state index >= 15 is 0 Å². The van der Waals surface area contributed by atoms with Crippen molar-refractivity contribution in [2.45, 2.75) is 18.6 Å². The van der Waals surface area contributed by atoms with Crippen molar-refractivity contribution < 1.29 is 9.18 Å². The zero-order valence-electron chi connectivity index (χ0n) is 8.84. The SMILES string of the molecule is O=C(Nc1cccc(Br)c1Cl)C1CC(F)CN1. The molecule has 2 N–H and O–H groups in total. The lowest BCUT2D eigenvalue weighted by molar-refractivity contribution is -0.117.